The zero-order chi connectivity index (χ0) is 14.7. The lowest BCUT2D eigenvalue weighted by molar-refractivity contribution is 0.302. The molecule has 0 heterocycles. The quantitative estimate of drug-likeness (QED) is 0.399. The minimum Gasteiger partial charge on any atom is -0.413 e. The Hall–Kier alpha value is -0.603. The van der Waals surface area contributed by atoms with Crippen LogP contribution in [0.1, 0.15) is 58.3 Å². The molecule has 114 valence electrons. The van der Waals surface area contributed by atoms with E-state index in [1.807, 2.05) is 0 Å². The summed E-state index contributed by atoms with van der Waals surface area (Å²) in [4.78, 5) is 0. The highest BCUT2D eigenvalue weighted by Crippen LogP contribution is 2.10. The standard InChI is InChI=1S/C18H32OSi/c1-4-5-6-7-8-9-10-14-17-19-20(2,3)18-15-12-11-13-16-18/h11-13,15-16H,4-10,14,17H2,1-3H3. The molecular weight excluding hydrogens is 260 g/mol. The van der Waals surface area contributed by atoms with Crippen LogP contribution in [-0.2, 0) is 4.43 Å². The first-order valence-corrected chi connectivity index (χ1v) is 11.3. The van der Waals surface area contributed by atoms with Gasteiger partial charge in [-0.15, -0.1) is 0 Å². The second-order valence-electron chi connectivity index (χ2n) is 6.20. The van der Waals surface area contributed by atoms with Crippen molar-refractivity contribution in [3.05, 3.63) is 30.3 Å². The van der Waals surface area contributed by atoms with Gasteiger partial charge in [0.1, 0.15) is 0 Å². The van der Waals surface area contributed by atoms with E-state index in [9.17, 15) is 0 Å². The topological polar surface area (TPSA) is 9.23 Å². The van der Waals surface area contributed by atoms with E-state index in [0.717, 1.165) is 6.61 Å². The molecule has 0 saturated heterocycles. The molecule has 20 heavy (non-hydrogen) atoms. The molecule has 0 aliphatic heterocycles. The van der Waals surface area contributed by atoms with Gasteiger partial charge in [-0.1, -0.05) is 82.2 Å². The van der Waals surface area contributed by atoms with Crippen molar-refractivity contribution in [1.82, 2.24) is 0 Å². The van der Waals surface area contributed by atoms with E-state index in [4.69, 9.17) is 4.43 Å². The maximum absolute atomic E-state index is 6.20. The molecule has 0 bridgehead atoms. The van der Waals surface area contributed by atoms with Crippen LogP contribution in [0.15, 0.2) is 30.3 Å². The molecule has 1 rings (SSSR count). The number of benzene rings is 1. The highest BCUT2D eigenvalue weighted by molar-refractivity contribution is 6.84. The molecule has 0 N–H and O–H groups in total. The van der Waals surface area contributed by atoms with E-state index in [0.29, 0.717) is 0 Å². The lowest BCUT2D eigenvalue weighted by atomic mass is 10.1. The monoisotopic (exact) mass is 292 g/mol. The molecule has 0 unspecified atom stereocenters. The Kier molecular flexibility index (Phi) is 8.87. The van der Waals surface area contributed by atoms with Crippen LogP contribution in [0.2, 0.25) is 13.1 Å². The van der Waals surface area contributed by atoms with Crippen molar-refractivity contribution in [2.75, 3.05) is 6.61 Å². The van der Waals surface area contributed by atoms with Gasteiger partial charge in [0.25, 0.3) is 0 Å². The van der Waals surface area contributed by atoms with Crippen molar-refractivity contribution in [1.29, 1.82) is 0 Å². The van der Waals surface area contributed by atoms with E-state index in [-0.39, 0.29) is 0 Å². The Morgan fingerprint density at radius 2 is 1.35 bits per heavy atom. The Bertz CT molecular complexity index is 335. The smallest absolute Gasteiger partial charge is 0.218 e. The molecule has 0 amide bonds. The summed E-state index contributed by atoms with van der Waals surface area (Å²) in [5.41, 5.74) is 0. The van der Waals surface area contributed by atoms with Gasteiger partial charge in [0.15, 0.2) is 0 Å². The van der Waals surface area contributed by atoms with Crippen molar-refractivity contribution in [3.63, 3.8) is 0 Å². The van der Waals surface area contributed by atoms with Gasteiger partial charge in [0.2, 0.25) is 8.32 Å². The van der Waals surface area contributed by atoms with Gasteiger partial charge in [0, 0.05) is 6.61 Å². The first-order chi connectivity index (χ1) is 9.67. The maximum Gasteiger partial charge on any atom is 0.218 e. The number of unbranched alkanes of at least 4 members (excludes halogenated alkanes) is 7. The molecule has 0 aliphatic carbocycles. The highest BCUT2D eigenvalue weighted by atomic mass is 28.4. The summed E-state index contributed by atoms with van der Waals surface area (Å²) in [6.07, 6.45) is 10.9. The van der Waals surface area contributed by atoms with Gasteiger partial charge in [-0.3, -0.25) is 0 Å². The number of hydrogen-bond donors (Lipinski definition) is 0. The molecular formula is C18H32OSi. The summed E-state index contributed by atoms with van der Waals surface area (Å²) in [6, 6.07) is 10.7. The second kappa shape index (κ2) is 10.2. The maximum atomic E-state index is 6.20. The summed E-state index contributed by atoms with van der Waals surface area (Å²) >= 11 is 0. The van der Waals surface area contributed by atoms with Gasteiger partial charge in [0.05, 0.1) is 0 Å². The van der Waals surface area contributed by atoms with Crippen LogP contribution < -0.4 is 5.19 Å². The van der Waals surface area contributed by atoms with E-state index in [1.165, 1.54) is 56.6 Å². The minimum atomic E-state index is -1.67. The third-order valence-electron chi connectivity index (χ3n) is 3.93. The van der Waals surface area contributed by atoms with Crippen LogP contribution in [0.4, 0.5) is 0 Å². The van der Waals surface area contributed by atoms with Crippen LogP contribution in [0.25, 0.3) is 0 Å². The largest absolute Gasteiger partial charge is 0.413 e. The SMILES string of the molecule is CCCCCCCCCCO[Si](C)(C)c1ccccc1. The molecule has 0 aromatic heterocycles. The van der Waals surface area contributed by atoms with Crippen LogP contribution in [0.3, 0.4) is 0 Å². The van der Waals surface area contributed by atoms with Crippen molar-refractivity contribution in [2.45, 2.75) is 71.4 Å². The molecule has 0 aliphatic rings. The van der Waals surface area contributed by atoms with Gasteiger partial charge in [-0.2, -0.15) is 0 Å². The van der Waals surface area contributed by atoms with Crippen molar-refractivity contribution in [3.8, 4) is 0 Å². The third kappa shape index (κ3) is 7.25. The minimum absolute atomic E-state index is 0.934. The van der Waals surface area contributed by atoms with E-state index < -0.39 is 8.32 Å². The van der Waals surface area contributed by atoms with E-state index in [2.05, 4.69) is 50.3 Å². The lowest BCUT2D eigenvalue weighted by Crippen LogP contribution is -2.44. The first-order valence-electron chi connectivity index (χ1n) is 8.36. The Morgan fingerprint density at radius 3 is 1.95 bits per heavy atom. The fourth-order valence-electron chi connectivity index (χ4n) is 2.49. The summed E-state index contributed by atoms with van der Waals surface area (Å²) in [7, 11) is -1.67. The molecule has 0 fully saturated rings. The third-order valence-corrected chi connectivity index (χ3v) is 6.58. The van der Waals surface area contributed by atoms with Crippen LogP contribution in [0.5, 0.6) is 0 Å². The van der Waals surface area contributed by atoms with Gasteiger partial charge >= 0.3 is 0 Å². The van der Waals surface area contributed by atoms with E-state index in [1.54, 1.807) is 0 Å². The predicted octanol–water partition coefficient (Wildman–Crippen LogP) is 5.26. The molecule has 0 radical (unpaired) electrons. The van der Waals surface area contributed by atoms with Gasteiger partial charge in [-0.25, -0.2) is 0 Å². The van der Waals surface area contributed by atoms with Crippen molar-refractivity contribution < 1.29 is 4.43 Å². The molecule has 0 saturated carbocycles. The molecule has 1 nitrogen and oxygen atoms in total. The highest BCUT2D eigenvalue weighted by Gasteiger charge is 2.24. The zero-order valence-electron chi connectivity index (χ0n) is 13.7. The Labute approximate surface area is 126 Å². The average Bonchev–Trinajstić information content (AvgIpc) is 2.46. The molecule has 2 heteroatoms. The van der Waals surface area contributed by atoms with Gasteiger partial charge in [-0.05, 0) is 24.7 Å². The summed E-state index contributed by atoms with van der Waals surface area (Å²) in [5.74, 6) is 0. The van der Waals surface area contributed by atoms with E-state index >= 15 is 0 Å². The van der Waals surface area contributed by atoms with Gasteiger partial charge < -0.3 is 4.43 Å². The summed E-state index contributed by atoms with van der Waals surface area (Å²) in [5, 5.41) is 1.40. The fourth-order valence-corrected chi connectivity index (χ4v) is 4.30. The second-order valence-corrected chi connectivity index (χ2v) is 10.1. The normalized spacial score (nSPS) is 11.8. The van der Waals surface area contributed by atoms with Crippen molar-refractivity contribution >= 4 is 13.5 Å². The fraction of sp³-hybridized carbons (Fsp3) is 0.667. The Balaban J connectivity index is 2.06. The zero-order valence-corrected chi connectivity index (χ0v) is 14.7. The van der Waals surface area contributed by atoms with Crippen molar-refractivity contribution in [2.24, 2.45) is 0 Å². The predicted molar refractivity (Wildman–Crippen MR) is 92.1 cm³/mol. The molecule has 0 spiro atoms. The van der Waals surface area contributed by atoms with Crippen LogP contribution >= 0.6 is 0 Å². The molecule has 1 aromatic rings. The Morgan fingerprint density at radius 1 is 0.800 bits per heavy atom. The average molecular weight is 293 g/mol. The number of rotatable bonds is 11. The molecule has 1 aromatic carbocycles. The van der Waals surface area contributed by atoms with Crippen LogP contribution in [-0.4, -0.2) is 14.9 Å². The first kappa shape index (κ1) is 17.4. The molecule has 0 atom stereocenters. The van der Waals surface area contributed by atoms with Crippen LogP contribution in [0, 0.1) is 0 Å². The lowest BCUT2D eigenvalue weighted by Gasteiger charge is -2.23. The number of hydrogen-bond acceptors (Lipinski definition) is 1. The summed E-state index contributed by atoms with van der Waals surface area (Å²) < 4.78 is 6.20. The summed E-state index contributed by atoms with van der Waals surface area (Å²) in [6.45, 7) is 7.80.